The van der Waals surface area contributed by atoms with Crippen molar-refractivity contribution in [3.8, 4) is 0 Å². The molecule has 1 atom stereocenters. The van der Waals surface area contributed by atoms with Crippen LogP contribution in [0.2, 0.25) is 0 Å². The van der Waals surface area contributed by atoms with Gasteiger partial charge in [0.2, 0.25) is 0 Å². The molecule has 1 heterocycles. The first-order valence-corrected chi connectivity index (χ1v) is 8.91. The fraction of sp³-hybridized carbons (Fsp3) is 0.619. The molecular weight excluding hydrogens is 266 g/mol. The van der Waals surface area contributed by atoms with Gasteiger partial charge >= 0.3 is 0 Å². The van der Waals surface area contributed by atoms with Crippen molar-refractivity contribution >= 4 is 0 Å². The molecule has 0 aliphatic carbocycles. The average molecular weight is 300 g/mol. The second-order valence-corrected chi connectivity index (χ2v) is 7.83. The Morgan fingerprint density at radius 1 is 1.27 bits per heavy atom. The third-order valence-electron chi connectivity index (χ3n) is 5.19. The van der Waals surface area contributed by atoms with E-state index in [1.54, 1.807) is 0 Å². The zero-order valence-corrected chi connectivity index (χ0v) is 15.2. The maximum Gasteiger partial charge on any atom is 0.0198 e. The number of nitrogens with zero attached hydrogens (tertiary/aromatic N) is 1. The van der Waals surface area contributed by atoms with Crippen molar-refractivity contribution in [3.63, 3.8) is 0 Å². The lowest BCUT2D eigenvalue weighted by Gasteiger charge is -2.30. The van der Waals surface area contributed by atoms with Crippen LogP contribution in [-0.4, -0.2) is 18.0 Å². The molecule has 2 rings (SSSR count). The van der Waals surface area contributed by atoms with Gasteiger partial charge < -0.3 is 4.90 Å². The van der Waals surface area contributed by atoms with Gasteiger partial charge in [0, 0.05) is 13.1 Å². The fourth-order valence-corrected chi connectivity index (χ4v) is 3.30. The summed E-state index contributed by atoms with van der Waals surface area (Å²) in [5, 5.41) is 0. The number of allylic oxidation sites excluding steroid dienone is 1. The molecule has 1 saturated heterocycles. The van der Waals surface area contributed by atoms with Crippen molar-refractivity contribution in [1.82, 2.24) is 4.90 Å². The first-order valence-electron chi connectivity index (χ1n) is 8.91. The second kappa shape index (κ2) is 7.35. The van der Waals surface area contributed by atoms with Crippen molar-refractivity contribution in [3.05, 3.63) is 47.2 Å². The van der Waals surface area contributed by atoms with Crippen LogP contribution in [0.5, 0.6) is 0 Å². The third-order valence-corrected chi connectivity index (χ3v) is 5.19. The van der Waals surface area contributed by atoms with Gasteiger partial charge in [-0.2, -0.15) is 0 Å². The van der Waals surface area contributed by atoms with Crippen molar-refractivity contribution in [2.24, 2.45) is 5.92 Å². The van der Waals surface area contributed by atoms with Gasteiger partial charge in [-0.05, 0) is 61.3 Å². The van der Waals surface area contributed by atoms with Crippen LogP contribution >= 0.6 is 0 Å². The Morgan fingerprint density at radius 3 is 2.55 bits per heavy atom. The summed E-state index contributed by atoms with van der Waals surface area (Å²) in [5.41, 5.74) is 4.63. The normalized spacial score (nSPS) is 20.3. The summed E-state index contributed by atoms with van der Waals surface area (Å²) in [4.78, 5) is 2.51. The van der Waals surface area contributed by atoms with Gasteiger partial charge in [0.1, 0.15) is 0 Å². The summed E-state index contributed by atoms with van der Waals surface area (Å²) in [5.74, 6) is 0.841. The Hall–Kier alpha value is -1.24. The van der Waals surface area contributed by atoms with Crippen molar-refractivity contribution in [1.29, 1.82) is 0 Å². The van der Waals surface area contributed by atoms with Gasteiger partial charge in [-0.1, -0.05) is 57.5 Å². The molecule has 1 aromatic carbocycles. The summed E-state index contributed by atoms with van der Waals surface area (Å²) in [7, 11) is 0. The Balaban J connectivity index is 1.98. The standard InChI is InChI=1S/C21H33N/c1-6-21(4,5)20-11-9-19(10-12-20)14-18(3)16-22-13-7-8-17(2)15-22/h9-12,16-17H,6-8,13-15H2,1-5H3/b18-16+. The molecule has 0 radical (unpaired) electrons. The Morgan fingerprint density at radius 2 is 1.95 bits per heavy atom. The molecule has 0 N–H and O–H groups in total. The van der Waals surface area contributed by atoms with E-state index in [2.05, 4.69) is 70.0 Å². The SMILES string of the molecule is CCC(C)(C)c1ccc(C/C(C)=C/N2CCCC(C)C2)cc1. The first kappa shape index (κ1) is 17.1. The topological polar surface area (TPSA) is 3.24 Å². The third kappa shape index (κ3) is 4.63. The van der Waals surface area contributed by atoms with Crippen molar-refractivity contribution in [2.75, 3.05) is 13.1 Å². The Kier molecular flexibility index (Phi) is 5.72. The number of likely N-dealkylation sites (tertiary alicyclic amines) is 1. The summed E-state index contributed by atoms with van der Waals surface area (Å²) in [6.45, 7) is 14.0. The summed E-state index contributed by atoms with van der Waals surface area (Å²) in [6.07, 6.45) is 7.36. The molecule has 0 amide bonds. The summed E-state index contributed by atoms with van der Waals surface area (Å²) in [6, 6.07) is 9.25. The summed E-state index contributed by atoms with van der Waals surface area (Å²) >= 11 is 0. The Labute approximate surface area is 137 Å². The fourth-order valence-electron chi connectivity index (χ4n) is 3.30. The maximum atomic E-state index is 2.51. The van der Waals surface area contributed by atoms with E-state index >= 15 is 0 Å². The second-order valence-electron chi connectivity index (χ2n) is 7.83. The van der Waals surface area contributed by atoms with E-state index in [0.717, 1.165) is 12.3 Å². The van der Waals surface area contributed by atoms with E-state index in [9.17, 15) is 0 Å². The van der Waals surface area contributed by atoms with Gasteiger partial charge in [-0.3, -0.25) is 0 Å². The van der Waals surface area contributed by atoms with Crippen LogP contribution in [0.15, 0.2) is 36.0 Å². The van der Waals surface area contributed by atoms with Crippen LogP contribution in [0.4, 0.5) is 0 Å². The number of hydrogen-bond donors (Lipinski definition) is 0. The van der Waals surface area contributed by atoms with Gasteiger partial charge in [0.25, 0.3) is 0 Å². The van der Waals surface area contributed by atoms with E-state index in [1.165, 1.54) is 49.1 Å². The van der Waals surface area contributed by atoms with Crippen LogP contribution in [0.1, 0.15) is 65.0 Å². The molecule has 1 fully saturated rings. The van der Waals surface area contributed by atoms with Gasteiger partial charge in [0.15, 0.2) is 0 Å². The van der Waals surface area contributed by atoms with Crippen LogP contribution in [0, 0.1) is 5.92 Å². The lowest BCUT2D eigenvalue weighted by atomic mass is 9.82. The number of piperidine rings is 1. The van der Waals surface area contributed by atoms with Crippen LogP contribution in [-0.2, 0) is 11.8 Å². The zero-order valence-electron chi connectivity index (χ0n) is 15.2. The monoisotopic (exact) mass is 299 g/mol. The minimum Gasteiger partial charge on any atom is -0.377 e. The van der Waals surface area contributed by atoms with E-state index in [0.29, 0.717) is 0 Å². The van der Waals surface area contributed by atoms with Crippen molar-refractivity contribution < 1.29 is 0 Å². The molecule has 1 nitrogen and oxygen atoms in total. The highest BCUT2D eigenvalue weighted by atomic mass is 15.1. The highest BCUT2D eigenvalue weighted by Crippen LogP contribution is 2.27. The van der Waals surface area contributed by atoms with Crippen molar-refractivity contribution in [2.45, 2.75) is 65.7 Å². The minimum absolute atomic E-state index is 0.285. The van der Waals surface area contributed by atoms with Gasteiger partial charge in [-0.15, -0.1) is 0 Å². The predicted octanol–water partition coefficient (Wildman–Crippen LogP) is 5.55. The Bertz CT molecular complexity index is 495. The number of hydrogen-bond acceptors (Lipinski definition) is 1. The van der Waals surface area contributed by atoms with E-state index < -0.39 is 0 Å². The molecule has 1 aliphatic heterocycles. The molecule has 1 heteroatoms. The minimum atomic E-state index is 0.285. The largest absolute Gasteiger partial charge is 0.377 e. The molecule has 22 heavy (non-hydrogen) atoms. The maximum absolute atomic E-state index is 2.51. The quantitative estimate of drug-likeness (QED) is 0.688. The zero-order chi connectivity index (χ0) is 16.2. The first-order chi connectivity index (χ1) is 10.4. The molecule has 0 bridgehead atoms. The molecule has 1 aliphatic rings. The molecule has 1 aromatic rings. The van der Waals surface area contributed by atoms with Crippen LogP contribution < -0.4 is 0 Å². The van der Waals surface area contributed by atoms with E-state index in [1.807, 2.05) is 0 Å². The highest BCUT2D eigenvalue weighted by molar-refractivity contribution is 5.30. The van der Waals surface area contributed by atoms with Crippen LogP contribution in [0.25, 0.3) is 0 Å². The molecule has 0 saturated carbocycles. The molecular formula is C21H33N. The molecule has 0 spiro atoms. The van der Waals surface area contributed by atoms with Gasteiger partial charge in [-0.25, -0.2) is 0 Å². The smallest absolute Gasteiger partial charge is 0.0198 e. The lowest BCUT2D eigenvalue weighted by Crippen LogP contribution is -2.30. The average Bonchev–Trinajstić information content (AvgIpc) is 2.47. The predicted molar refractivity (Wildman–Crippen MR) is 97.2 cm³/mol. The molecule has 1 unspecified atom stereocenters. The lowest BCUT2D eigenvalue weighted by molar-refractivity contribution is 0.246. The molecule has 0 aromatic heterocycles. The number of rotatable bonds is 5. The number of benzene rings is 1. The van der Waals surface area contributed by atoms with E-state index in [-0.39, 0.29) is 5.41 Å². The summed E-state index contributed by atoms with van der Waals surface area (Å²) < 4.78 is 0. The van der Waals surface area contributed by atoms with E-state index in [4.69, 9.17) is 0 Å². The van der Waals surface area contributed by atoms with Crippen LogP contribution in [0.3, 0.4) is 0 Å². The molecule has 122 valence electrons. The van der Waals surface area contributed by atoms with Gasteiger partial charge in [0.05, 0.1) is 0 Å². The highest BCUT2D eigenvalue weighted by Gasteiger charge is 2.17.